The maximum Gasteiger partial charge on any atom is 0.191 e. The zero-order chi connectivity index (χ0) is 15.5. The molecule has 0 radical (unpaired) electrons. The zero-order valence-corrected chi connectivity index (χ0v) is 13.6. The topological polar surface area (TPSA) is 58.8 Å². The van der Waals surface area contributed by atoms with Gasteiger partial charge < -0.3 is 19.8 Å². The number of rotatable bonds is 7. The van der Waals surface area contributed by atoms with Crippen molar-refractivity contribution in [2.45, 2.75) is 58.1 Å². The second-order valence-corrected chi connectivity index (χ2v) is 5.69. The minimum Gasteiger partial charge on any atom is -0.467 e. The molecular weight excluding hydrogens is 278 g/mol. The van der Waals surface area contributed by atoms with Gasteiger partial charge in [-0.25, -0.2) is 4.99 Å². The van der Waals surface area contributed by atoms with Crippen LogP contribution in [0.3, 0.4) is 0 Å². The van der Waals surface area contributed by atoms with Gasteiger partial charge in [-0.1, -0.05) is 25.7 Å². The molecule has 0 atom stereocenters. The van der Waals surface area contributed by atoms with E-state index in [2.05, 4.69) is 22.5 Å². The third-order valence-corrected chi connectivity index (χ3v) is 3.87. The average molecular weight is 307 g/mol. The van der Waals surface area contributed by atoms with E-state index in [1.54, 1.807) is 6.26 Å². The molecule has 0 saturated heterocycles. The molecule has 5 nitrogen and oxygen atoms in total. The summed E-state index contributed by atoms with van der Waals surface area (Å²) < 4.78 is 11.3. The second kappa shape index (κ2) is 10.3. The first-order valence-electron chi connectivity index (χ1n) is 8.54. The molecule has 0 spiro atoms. The van der Waals surface area contributed by atoms with Crippen LogP contribution in [0, 0.1) is 0 Å². The number of ether oxygens (including phenoxy) is 1. The van der Waals surface area contributed by atoms with E-state index in [0.29, 0.717) is 12.6 Å². The lowest BCUT2D eigenvalue weighted by atomic mass is 10.1. The van der Waals surface area contributed by atoms with E-state index in [-0.39, 0.29) is 0 Å². The largest absolute Gasteiger partial charge is 0.467 e. The van der Waals surface area contributed by atoms with Crippen LogP contribution in [-0.2, 0) is 11.3 Å². The molecule has 124 valence electrons. The SMILES string of the molecule is CCNC(=NCc1ccco1)NCCOC1CCCCCC1. The Hall–Kier alpha value is -1.49. The lowest BCUT2D eigenvalue weighted by molar-refractivity contribution is 0.0468. The lowest BCUT2D eigenvalue weighted by Gasteiger charge is -2.16. The van der Waals surface area contributed by atoms with Crippen LogP contribution in [-0.4, -0.2) is 31.8 Å². The second-order valence-electron chi connectivity index (χ2n) is 5.69. The van der Waals surface area contributed by atoms with Crippen molar-refractivity contribution in [3.63, 3.8) is 0 Å². The molecule has 1 aromatic heterocycles. The molecule has 1 aliphatic carbocycles. The molecular formula is C17H29N3O2. The Kier molecular flexibility index (Phi) is 7.88. The molecule has 1 saturated carbocycles. The third kappa shape index (κ3) is 6.52. The highest BCUT2D eigenvalue weighted by Crippen LogP contribution is 2.19. The number of aliphatic imine (C=N–C) groups is 1. The number of hydrogen-bond donors (Lipinski definition) is 2. The molecule has 1 fully saturated rings. The molecule has 1 aromatic rings. The van der Waals surface area contributed by atoms with Gasteiger partial charge in [-0.15, -0.1) is 0 Å². The number of nitrogens with one attached hydrogen (secondary N) is 2. The highest BCUT2D eigenvalue weighted by molar-refractivity contribution is 5.79. The van der Waals surface area contributed by atoms with E-state index in [0.717, 1.165) is 31.4 Å². The van der Waals surface area contributed by atoms with E-state index in [1.807, 2.05) is 12.1 Å². The molecule has 0 bridgehead atoms. The minimum atomic E-state index is 0.451. The lowest BCUT2D eigenvalue weighted by Crippen LogP contribution is -2.39. The van der Waals surface area contributed by atoms with E-state index >= 15 is 0 Å². The Morgan fingerprint density at radius 2 is 2.09 bits per heavy atom. The fraction of sp³-hybridized carbons (Fsp3) is 0.706. The summed E-state index contributed by atoms with van der Waals surface area (Å²) in [5.41, 5.74) is 0. The summed E-state index contributed by atoms with van der Waals surface area (Å²) in [5, 5.41) is 6.55. The van der Waals surface area contributed by atoms with Crippen LogP contribution in [0.25, 0.3) is 0 Å². The van der Waals surface area contributed by atoms with Gasteiger partial charge >= 0.3 is 0 Å². The van der Waals surface area contributed by atoms with Crippen molar-refractivity contribution >= 4 is 5.96 Å². The minimum absolute atomic E-state index is 0.451. The predicted molar refractivity (Wildman–Crippen MR) is 89.0 cm³/mol. The normalized spacial score (nSPS) is 17.2. The van der Waals surface area contributed by atoms with Crippen molar-refractivity contribution in [1.82, 2.24) is 10.6 Å². The summed E-state index contributed by atoms with van der Waals surface area (Å²) in [6.45, 7) is 4.96. The van der Waals surface area contributed by atoms with Crippen LogP contribution < -0.4 is 10.6 Å². The maximum atomic E-state index is 5.98. The molecule has 0 unspecified atom stereocenters. The Morgan fingerprint density at radius 3 is 2.77 bits per heavy atom. The summed E-state index contributed by atoms with van der Waals surface area (Å²) in [6.07, 6.45) is 9.90. The average Bonchev–Trinajstić information content (AvgIpc) is 2.92. The fourth-order valence-electron chi connectivity index (χ4n) is 2.70. The molecule has 2 N–H and O–H groups in total. The van der Waals surface area contributed by atoms with Gasteiger partial charge in [0.25, 0.3) is 0 Å². The molecule has 0 aliphatic heterocycles. The summed E-state index contributed by atoms with van der Waals surface area (Å²) in [4.78, 5) is 4.50. The van der Waals surface area contributed by atoms with Crippen LogP contribution in [0.1, 0.15) is 51.2 Å². The first-order valence-corrected chi connectivity index (χ1v) is 8.54. The van der Waals surface area contributed by atoms with Gasteiger partial charge in [-0.3, -0.25) is 0 Å². The van der Waals surface area contributed by atoms with Gasteiger partial charge in [-0.05, 0) is 31.9 Å². The number of furan rings is 1. The van der Waals surface area contributed by atoms with Crippen LogP contribution in [0.5, 0.6) is 0 Å². The van der Waals surface area contributed by atoms with Gasteiger partial charge in [0.1, 0.15) is 12.3 Å². The van der Waals surface area contributed by atoms with Crippen molar-refractivity contribution in [2.75, 3.05) is 19.7 Å². The molecule has 0 aromatic carbocycles. The molecule has 1 heterocycles. The van der Waals surface area contributed by atoms with Crippen LogP contribution >= 0.6 is 0 Å². The first kappa shape index (κ1) is 16.9. The van der Waals surface area contributed by atoms with Crippen LogP contribution in [0.15, 0.2) is 27.8 Å². The standard InChI is InChI=1S/C17H29N3O2/c1-2-18-17(20-14-16-10-7-12-21-16)19-11-13-22-15-8-5-3-4-6-9-15/h7,10,12,15H,2-6,8-9,11,13-14H2,1H3,(H2,18,19,20). The Morgan fingerprint density at radius 1 is 1.27 bits per heavy atom. The Balaban J connectivity index is 1.66. The van der Waals surface area contributed by atoms with Gasteiger partial charge in [0.05, 0.1) is 19.0 Å². The summed E-state index contributed by atoms with van der Waals surface area (Å²) in [6, 6.07) is 3.81. The third-order valence-electron chi connectivity index (χ3n) is 3.87. The van der Waals surface area contributed by atoms with Crippen molar-refractivity contribution in [3.05, 3.63) is 24.2 Å². The van der Waals surface area contributed by atoms with E-state index < -0.39 is 0 Å². The highest BCUT2D eigenvalue weighted by atomic mass is 16.5. The highest BCUT2D eigenvalue weighted by Gasteiger charge is 2.12. The first-order chi connectivity index (χ1) is 10.9. The Bertz CT molecular complexity index is 410. The summed E-state index contributed by atoms with van der Waals surface area (Å²) in [5.74, 6) is 1.68. The van der Waals surface area contributed by atoms with E-state index in [9.17, 15) is 0 Å². The van der Waals surface area contributed by atoms with Crippen molar-refractivity contribution in [3.8, 4) is 0 Å². The summed E-state index contributed by atoms with van der Waals surface area (Å²) in [7, 11) is 0. The number of hydrogen-bond acceptors (Lipinski definition) is 3. The van der Waals surface area contributed by atoms with Crippen molar-refractivity contribution in [1.29, 1.82) is 0 Å². The van der Waals surface area contributed by atoms with Crippen LogP contribution in [0.4, 0.5) is 0 Å². The molecule has 1 aliphatic rings. The van der Waals surface area contributed by atoms with Gasteiger partial charge in [0.2, 0.25) is 0 Å². The van der Waals surface area contributed by atoms with Gasteiger partial charge in [0, 0.05) is 13.1 Å². The zero-order valence-electron chi connectivity index (χ0n) is 13.6. The van der Waals surface area contributed by atoms with E-state index in [1.165, 1.54) is 38.5 Å². The molecule has 2 rings (SSSR count). The number of guanidine groups is 1. The molecule has 5 heteroatoms. The van der Waals surface area contributed by atoms with Crippen molar-refractivity contribution in [2.24, 2.45) is 4.99 Å². The van der Waals surface area contributed by atoms with Gasteiger partial charge in [0.15, 0.2) is 5.96 Å². The quantitative estimate of drug-likeness (QED) is 0.352. The molecule has 0 amide bonds. The monoisotopic (exact) mass is 307 g/mol. The van der Waals surface area contributed by atoms with Crippen molar-refractivity contribution < 1.29 is 9.15 Å². The van der Waals surface area contributed by atoms with Crippen LogP contribution in [0.2, 0.25) is 0 Å². The Labute approximate surface area is 133 Å². The summed E-state index contributed by atoms with van der Waals surface area (Å²) >= 11 is 0. The predicted octanol–water partition coefficient (Wildman–Crippen LogP) is 3.07. The fourth-order valence-corrected chi connectivity index (χ4v) is 2.70. The smallest absolute Gasteiger partial charge is 0.191 e. The van der Waals surface area contributed by atoms with E-state index in [4.69, 9.17) is 9.15 Å². The maximum absolute atomic E-state index is 5.98. The number of nitrogens with zero attached hydrogens (tertiary/aromatic N) is 1. The van der Waals surface area contributed by atoms with Gasteiger partial charge in [-0.2, -0.15) is 0 Å². The molecule has 22 heavy (non-hydrogen) atoms.